The topological polar surface area (TPSA) is 152 Å². The van der Waals surface area contributed by atoms with Crippen LogP contribution in [0.15, 0.2) is 0 Å². The lowest BCUT2D eigenvalue weighted by atomic mass is 9.73. The van der Waals surface area contributed by atoms with Gasteiger partial charge >= 0.3 is 0 Å². The van der Waals surface area contributed by atoms with E-state index >= 15 is 0 Å². The number of carbonyl (C=O) groups is 2. The predicted molar refractivity (Wildman–Crippen MR) is 174 cm³/mol. The van der Waals surface area contributed by atoms with Crippen LogP contribution in [0.5, 0.6) is 0 Å². The van der Waals surface area contributed by atoms with Crippen molar-refractivity contribution < 1.29 is 28.9 Å². The molecule has 47 heavy (non-hydrogen) atoms. The van der Waals surface area contributed by atoms with Crippen molar-refractivity contribution in [1.29, 1.82) is 0 Å². The van der Waals surface area contributed by atoms with Gasteiger partial charge in [0.1, 0.15) is 6.29 Å². The summed E-state index contributed by atoms with van der Waals surface area (Å²) >= 11 is 6.96. The van der Waals surface area contributed by atoms with Gasteiger partial charge < -0.3 is 34.4 Å². The number of piperazine rings is 1. The van der Waals surface area contributed by atoms with E-state index in [4.69, 9.17) is 25.8 Å². The van der Waals surface area contributed by atoms with Crippen molar-refractivity contribution in [3.8, 4) is 0 Å². The number of ether oxygens (including phenoxy) is 3. The number of likely N-dealkylation sites (tertiary alicyclic amines) is 1. The third kappa shape index (κ3) is 8.77. The zero-order valence-corrected chi connectivity index (χ0v) is 28.2. The minimum absolute atomic E-state index is 0.0000188. The van der Waals surface area contributed by atoms with Gasteiger partial charge in [-0.3, -0.25) is 35.8 Å². The molecule has 5 saturated heterocycles. The fourth-order valence-electron chi connectivity index (χ4n) is 8.22. The standard InChI is InChI=1S/C32H55ClN8O6/c33-29-25-5-6-39(14-21(25)3-4-27(29)46-18-24-13-34-19-47-24)15-23(42)12-35-30(43)26-11-28(36-22-16-45-17-22)38-32(37-26)41-9-7-40(8-10-41)31(44)20-1-2-20/h20-29,32,34,36-38,42H,1-19H2,(H,35,43)/t21?,23-,24?,25?,26?,27?,28?,29?,32?/m0/s1. The van der Waals surface area contributed by atoms with Crippen LogP contribution < -0.4 is 26.6 Å². The molecule has 14 nitrogen and oxygen atoms in total. The Bertz CT molecular complexity index is 1060. The molecule has 6 N–H and O–H groups in total. The number of piperidine rings is 1. The molecule has 266 valence electrons. The van der Waals surface area contributed by atoms with Crippen molar-refractivity contribution in [2.75, 3.05) is 85.5 Å². The quantitative estimate of drug-likeness (QED) is 0.129. The van der Waals surface area contributed by atoms with Gasteiger partial charge in [0.15, 0.2) is 0 Å². The van der Waals surface area contributed by atoms with Crippen LogP contribution in [-0.2, 0) is 23.8 Å². The zero-order valence-electron chi connectivity index (χ0n) is 27.5. The number of fused-ring (bicyclic) bond motifs is 1. The van der Waals surface area contributed by atoms with Gasteiger partial charge in [0.05, 0.1) is 68.5 Å². The van der Waals surface area contributed by atoms with E-state index < -0.39 is 12.1 Å². The average Bonchev–Trinajstić information content (AvgIpc) is 3.79. The van der Waals surface area contributed by atoms with Crippen LogP contribution in [0.4, 0.5) is 0 Å². The molecule has 0 bridgehead atoms. The SMILES string of the molecule is O=C(NC[C@H](O)CN1CCC2C(CCC(OCC3CNCO3)C2Cl)C1)C1CC(NC2COC2)NC(N2CCN(C(=O)C3CC3)CC2)N1. The van der Waals surface area contributed by atoms with E-state index in [1.54, 1.807) is 0 Å². The number of nitrogens with one attached hydrogen (secondary N) is 5. The summed E-state index contributed by atoms with van der Waals surface area (Å²) in [5.41, 5.74) is 0. The Balaban J connectivity index is 0.851. The van der Waals surface area contributed by atoms with Crippen molar-refractivity contribution in [3.05, 3.63) is 0 Å². The molecule has 8 unspecified atom stereocenters. The molecule has 0 spiro atoms. The van der Waals surface area contributed by atoms with E-state index in [-0.39, 0.29) is 54.5 Å². The van der Waals surface area contributed by atoms with Crippen molar-refractivity contribution >= 4 is 23.4 Å². The second-order valence-corrected chi connectivity index (χ2v) is 15.3. The van der Waals surface area contributed by atoms with Gasteiger partial charge in [-0.2, -0.15) is 0 Å². The van der Waals surface area contributed by atoms with Crippen molar-refractivity contribution in [3.63, 3.8) is 0 Å². The van der Waals surface area contributed by atoms with Crippen LogP contribution in [0.2, 0.25) is 0 Å². The molecule has 0 aromatic carbocycles. The summed E-state index contributed by atoms with van der Waals surface area (Å²) in [6.45, 7) is 8.79. The molecule has 0 aromatic rings. The van der Waals surface area contributed by atoms with Gasteiger partial charge in [-0.05, 0) is 50.5 Å². The lowest BCUT2D eigenvalue weighted by Gasteiger charge is -2.47. The normalized spacial score (nSPS) is 38.0. The van der Waals surface area contributed by atoms with Gasteiger partial charge in [-0.25, -0.2) is 0 Å². The molecule has 2 saturated carbocycles. The number of rotatable bonds is 12. The largest absolute Gasteiger partial charge is 0.390 e. The van der Waals surface area contributed by atoms with E-state index in [9.17, 15) is 14.7 Å². The number of nitrogens with zero attached hydrogens (tertiary/aromatic N) is 3. The van der Waals surface area contributed by atoms with Crippen LogP contribution in [0, 0.1) is 17.8 Å². The summed E-state index contributed by atoms with van der Waals surface area (Å²) in [6.07, 6.45) is 4.91. The first-order valence-electron chi connectivity index (χ1n) is 18.0. The van der Waals surface area contributed by atoms with E-state index in [0.717, 1.165) is 64.8 Å². The maximum atomic E-state index is 13.5. The first kappa shape index (κ1) is 34.3. The van der Waals surface area contributed by atoms with Gasteiger partial charge in [-0.15, -0.1) is 11.6 Å². The Labute approximate surface area is 283 Å². The molecule has 2 aliphatic carbocycles. The summed E-state index contributed by atoms with van der Waals surface area (Å²) in [6, 6.07) is -0.141. The summed E-state index contributed by atoms with van der Waals surface area (Å²) in [4.78, 5) is 32.6. The van der Waals surface area contributed by atoms with Crippen LogP contribution in [-0.4, -0.2) is 165 Å². The number of aliphatic hydroxyl groups excluding tert-OH is 1. The summed E-state index contributed by atoms with van der Waals surface area (Å²) in [5, 5.41) is 27.9. The van der Waals surface area contributed by atoms with Crippen molar-refractivity contribution in [2.45, 2.75) is 86.8 Å². The number of halogens is 1. The molecule has 0 radical (unpaired) electrons. The second kappa shape index (κ2) is 15.8. The first-order valence-corrected chi connectivity index (χ1v) is 18.5. The third-order valence-electron chi connectivity index (χ3n) is 11.2. The van der Waals surface area contributed by atoms with Crippen LogP contribution in [0.3, 0.4) is 0 Å². The molecule has 7 fully saturated rings. The highest BCUT2D eigenvalue weighted by molar-refractivity contribution is 6.21. The van der Waals surface area contributed by atoms with Crippen LogP contribution in [0.25, 0.3) is 0 Å². The van der Waals surface area contributed by atoms with Crippen LogP contribution >= 0.6 is 11.6 Å². The maximum Gasteiger partial charge on any atom is 0.237 e. The Morgan fingerprint density at radius 1 is 1.04 bits per heavy atom. The zero-order chi connectivity index (χ0) is 32.3. The number of carbonyl (C=O) groups excluding carboxylic acids is 2. The van der Waals surface area contributed by atoms with Gasteiger partial charge in [0.25, 0.3) is 0 Å². The fraction of sp³-hybridized carbons (Fsp3) is 0.938. The minimum atomic E-state index is -0.655. The molecule has 5 aliphatic heterocycles. The number of aliphatic hydroxyl groups is 1. The van der Waals surface area contributed by atoms with E-state index in [0.29, 0.717) is 70.3 Å². The highest BCUT2D eigenvalue weighted by Gasteiger charge is 2.43. The van der Waals surface area contributed by atoms with Crippen LogP contribution in [0.1, 0.15) is 38.5 Å². The van der Waals surface area contributed by atoms with Crippen molar-refractivity contribution in [1.82, 2.24) is 41.3 Å². The molecule has 9 atom stereocenters. The van der Waals surface area contributed by atoms with E-state index in [2.05, 4.69) is 36.4 Å². The number of amides is 2. The maximum absolute atomic E-state index is 13.5. The van der Waals surface area contributed by atoms with Gasteiger partial charge in [0.2, 0.25) is 11.8 Å². The first-order chi connectivity index (χ1) is 22.9. The van der Waals surface area contributed by atoms with E-state index in [1.807, 2.05) is 4.90 Å². The van der Waals surface area contributed by atoms with Gasteiger partial charge in [-0.1, -0.05) is 0 Å². The molecule has 0 aromatic heterocycles. The Hall–Kier alpha value is -1.17. The molecule has 5 heterocycles. The highest BCUT2D eigenvalue weighted by atomic mass is 35.5. The Kier molecular flexibility index (Phi) is 11.5. The number of hydrogen-bond acceptors (Lipinski definition) is 12. The van der Waals surface area contributed by atoms with Crippen molar-refractivity contribution in [2.24, 2.45) is 17.8 Å². The average molecular weight is 683 g/mol. The summed E-state index contributed by atoms with van der Waals surface area (Å²) in [7, 11) is 0. The molecule has 2 amide bonds. The monoisotopic (exact) mass is 682 g/mol. The molecular weight excluding hydrogens is 628 g/mol. The Morgan fingerprint density at radius 2 is 1.87 bits per heavy atom. The fourth-order valence-corrected chi connectivity index (χ4v) is 8.75. The number of hydrogen-bond donors (Lipinski definition) is 6. The molecule has 15 heteroatoms. The molecular formula is C32H55ClN8O6. The molecule has 7 aliphatic rings. The lowest BCUT2D eigenvalue weighted by Crippen LogP contribution is -2.73. The number of β-amino-alcohol motifs (C(OH)–C–C–N with tert-alkyl or cyclic N) is 1. The summed E-state index contributed by atoms with van der Waals surface area (Å²) in [5.74, 6) is 1.34. The smallest absolute Gasteiger partial charge is 0.237 e. The molecule has 7 rings (SSSR count). The number of alkyl halides is 1. The second-order valence-electron chi connectivity index (χ2n) is 14.8. The third-order valence-corrected chi connectivity index (χ3v) is 11.8. The lowest BCUT2D eigenvalue weighted by molar-refractivity contribution is -0.135. The highest BCUT2D eigenvalue weighted by Crippen LogP contribution is 2.40. The van der Waals surface area contributed by atoms with E-state index in [1.165, 1.54) is 0 Å². The Morgan fingerprint density at radius 3 is 2.60 bits per heavy atom. The summed E-state index contributed by atoms with van der Waals surface area (Å²) < 4.78 is 17.2. The van der Waals surface area contributed by atoms with Gasteiger partial charge in [0, 0.05) is 64.7 Å². The minimum Gasteiger partial charge on any atom is -0.390 e. The predicted octanol–water partition coefficient (Wildman–Crippen LogP) is -1.76.